The highest BCUT2D eigenvalue weighted by molar-refractivity contribution is 6.46. The highest BCUT2D eigenvalue weighted by Gasteiger charge is 2.21. The summed E-state index contributed by atoms with van der Waals surface area (Å²) in [5.74, 6) is -0.390. The van der Waals surface area contributed by atoms with E-state index in [2.05, 4.69) is 15.5 Å². The van der Waals surface area contributed by atoms with Gasteiger partial charge in [0.2, 0.25) is 5.75 Å². The largest absolute Gasteiger partial charge is 0.497 e. The van der Waals surface area contributed by atoms with E-state index in [1.54, 1.807) is 24.3 Å². The van der Waals surface area contributed by atoms with Crippen LogP contribution in [0.25, 0.3) is 0 Å². The lowest BCUT2D eigenvalue weighted by Crippen LogP contribution is -2.05. The first kappa shape index (κ1) is 24.1. The molecule has 0 amide bonds. The van der Waals surface area contributed by atoms with E-state index in [-0.39, 0.29) is 32.3 Å². The molecular weight excluding hydrogens is 499 g/mol. The number of aromatic nitrogens is 1. The number of nitrogens with one attached hydrogen (secondary N) is 1. The lowest BCUT2D eigenvalue weighted by molar-refractivity contribution is -0.385. The van der Waals surface area contributed by atoms with Crippen LogP contribution in [0.3, 0.4) is 0 Å². The molecule has 33 heavy (non-hydrogen) atoms. The molecule has 0 radical (unpaired) electrons. The van der Waals surface area contributed by atoms with Gasteiger partial charge < -0.3 is 14.6 Å². The number of carbonyl (C=O) groups is 1. The van der Waals surface area contributed by atoms with E-state index >= 15 is 0 Å². The van der Waals surface area contributed by atoms with Gasteiger partial charge in [0.05, 0.1) is 23.9 Å². The molecule has 10 nitrogen and oxygen atoms in total. The summed E-state index contributed by atoms with van der Waals surface area (Å²) in [7, 11) is 1.52. The molecule has 13 heteroatoms. The maximum Gasteiger partial charge on any atom is 0.356 e. The first-order valence-corrected chi connectivity index (χ1v) is 10.0. The molecule has 0 unspecified atom stereocenters. The average molecular weight is 512 g/mol. The van der Waals surface area contributed by atoms with Gasteiger partial charge in [-0.3, -0.25) is 15.5 Å². The Labute approximate surface area is 201 Å². The third kappa shape index (κ3) is 5.61. The number of aromatic carboxylic acids is 1. The van der Waals surface area contributed by atoms with Crippen LogP contribution < -0.4 is 14.9 Å². The van der Waals surface area contributed by atoms with Gasteiger partial charge in [0, 0.05) is 11.6 Å². The second-order valence-electron chi connectivity index (χ2n) is 6.19. The Hall–Kier alpha value is -3.60. The number of anilines is 1. The van der Waals surface area contributed by atoms with Crippen molar-refractivity contribution in [1.29, 1.82) is 0 Å². The van der Waals surface area contributed by atoms with E-state index in [4.69, 9.17) is 49.4 Å². The zero-order valence-electron chi connectivity index (χ0n) is 16.6. The van der Waals surface area contributed by atoms with Gasteiger partial charge in [-0.15, -0.1) is 0 Å². The number of ether oxygens (including phenoxy) is 2. The van der Waals surface area contributed by atoms with E-state index in [9.17, 15) is 14.9 Å². The highest BCUT2D eigenvalue weighted by atomic mass is 35.5. The molecule has 1 heterocycles. The summed E-state index contributed by atoms with van der Waals surface area (Å²) in [6, 6.07) is 10.7. The molecule has 0 saturated heterocycles. The summed E-state index contributed by atoms with van der Waals surface area (Å²) >= 11 is 17.9. The minimum absolute atomic E-state index is 0.0216. The molecule has 0 fully saturated rings. The fourth-order valence-electron chi connectivity index (χ4n) is 2.54. The number of halogens is 3. The molecule has 3 rings (SSSR count). The van der Waals surface area contributed by atoms with E-state index in [1.807, 2.05) is 0 Å². The van der Waals surface area contributed by atoms with Crippen molar-refractivity contribution in [2.45, 2.75) is 0 Å². The number of pyridine rings is 1. The SMILES string of the molecule is COc1ccc(Oc2ccc(/C=N\Nc3c(Cl)c(Cl)nc(C(=O)O)c3Cl)cc2[N+](=O)[O-])cc1. The molecule has 1 aromatic heterocycles. The number of carboxylic acids is 1. The average Bonchev–Trinajstić information content (AvgIpc) is 2.79. The zero-order valence-corrected chi connectivity index (χ0v) is 18.9. The predicted molar refractivity (Wildman–Crippen MR) is 124 cm³/mol. The van der Waals surface area contributed by atoms with Crippen molar-refractivity contribution < 1.29 is 24.3 Å². The number of hydrogen-bond acceptors (Lipinski definition) is 8. The van der Waals surface area contributed by atoms with Gasteiger partial charge in [-0.1, -0.05) is 34.8 Å². The first-order valence-electron chi connectivity index (χ1n) is 8.88. The lowest BCUT2D eigenvalue weighted by atomic mass is 10.2. The normalized spacial score (nSPS) is 10.8. The Bertz CT molecular complexity index is 1250. The van der Waals surface area contributed by atoms with Gasteiger partial charge in [-0.05, 0) is 36.4 Å². The predicted octanol–water partition coefficient (Wildman–Crippen LogP) is 5.90. The number of nitro benzene ring substituents is 1. The molecular formula is C20H13Cl3N4O6. The second kappa shape index (κ2) is 10.3. The monoisotopic (exact) mass is 510 g/mol. The van der Waals surface area contributed by atoms with E-state index in [1.165, 1.54) is 31.5 Å². The van der Waals surface area contributed by atoms with Crippen molar-refractivity contribution in [3.8, 4) is 17.2 Å². The summed E-state index contributed by atoms with van der Waals surface area (Å²) < 4.78 is 10.7. The molecule has 2 aromatic carbocycles. The Morgan fingerprint density at radius 2 is 1.82 bits per heavy atom. The Balaban J connectivity index is 1.84. The van der Waals surface area contributed by atoms with Crippen LogP contribution in [0, 0.1) is 10.1 Å². The molecule has 0 spiro atoms. The number of nitro groups is 1. The highest BCUT2D eigenvalue weighted by Crippen LogP contribution is 2.37. The van der Waals surface area contributed by atoms with Crippen LogP contribution in [0.5, 0.6) is 17.2 Å². The van der Waals surface area contributed by atoms with Crippen LogP contribution in [-0.4, -0.2) is 34.3 Å². The van der Waals surface area contributed by atoms with Crippen LogP contribution in [0.2, 0.25) is 15.2 Å². The molecule has 0 saturated carbocycles. The Morgan fingerprint density at radius 1 is 1.15 bits per heavy atom. The third-order valence-corrected chi connectivity index (χ3v) is 5.20. The molecule has 3 aromatic rings. The van der Waals surface area contributed by atoms with E-state index < -0.39 is 16.6 Å². The standard InChI is InChI=1S/C20H13Cl3N4O6/c1-32-11-3-5-12(6-4-11)33-14-7-2-10(8-13(14)27(30)31)9-24-26-17-15(21)18(20(28)29)25-19(23)16(17)22/h2-9H,1H3,(H,25,26)(H,28,29)/b24-9-. The molecule has 0 aliphatic heterocycles. The first-order chi connectivity index (χ1) is 15.7. The number of rotatable bonds is 8. The van der Waals surface area contributed by atoms with Gasteiger partial charge in [-0.25, -0.2) is 9.78 Å². The number of methoxy groups -OCH3 is 1. The van der Waals surface area contributed by atoms with Gasteiger partial charge in [0.25, 0.3) is 0 Å². The zero-order chi connectivity index (χ0) is 24.1. The van der Waals surface area contributed by atoms with Gasteiger partial charge in [0.15, 0.2) is 10.8 Å². The van der Waals surface area contributed by atoms with E-state index in [0.29, 0.717) is 17.1 Å². The van der Waals surface area contributed by atoms with Crippen molar-refractivity contribution in [2.24, 2.45) is 5.10 Å². The van der Waals surface area contributed by atoms with Crippen LogP contribution in [0.1, 0.15) is 16.1 Å². The molecule has 2 N–H and O–H groups in total. The molecule has 0 aliphatic carbocycles. The number of hydrazone groups is 1. The summed E-state index contributed by atoms with van der Waals surface area (Å²) in [6.45, 7) is 0. The van der Waals surface area contributed by atoms with Crippen molar-refractivity contribution >= 4 is 58.4 Å². The van der Waals surface area contributed by atoms with Crippen molar-refractivity contribution in [2.75, 3.05) is 12.5 Å². The Morgan fingerprint density at radius 3 is 2.42 bits per heavy atom. The fraction of sp³-hybridized carbons (Fsp3) is 0.0500. The van der Waals surface area contributed by atoms with Gasteiger partial charge in [-0.2, -0.15) is 5.10 Å². The fourth-order valence-corrected chi connectivity index (χ4v) is 3.21. The number of hydrogen-bond donors (Lipinski definition) is 2. The number of nitrogens with zero attached hydrogens (tertiary/aromatic N) is 3. The second-order valence-corrected chi connectivity index (χ2v) is 7.31. The number of benzene rings is 2. The van der Waals surface area contributed by atoms with Gasteiger partial charge in [0.1, 0.15) is 21.5 Å². The minimum atomic E-state index is -1.41. The molecule has 0 atom stereocenters. The summed E-state index contributed by atoms with van der Waals surface area (Å²) in [4.78, 5) is 25.8. The van der Waals surface area contributed by atoms with Crippen molar-refractivity contribution in [3.63, 3.8) is 0 Å². The smallest absolute Gasteiger partial charge is 0.356 e. The van der Waals surface area contributed by atoms with Crippen LogP contribution in [0.15, 0.2) is 47.6 Å². The topological polar surface area (TPSA) is 136 Å². The summed E-state index contributed by atoms with van der Waals surface area (Å²) in [5.41, 5.74) is 1.92. The third-order valence-electron chi connectivity index (χ3n) is 4.10. The van der Waals surface area contributed by atoms with Gasteiger partial charge >= 0.3 is 11.7 Å². The summed E-state index contributed by atoms with van der Waals surface area (Å²) in [6.07, 6.45) is 1.24. The van der Waals surface area contributed by atoms with Crippen LogP contribution in [0.4, 0.5) is 11.4 Å². The molecule has 0 aliphatic rings. The quantitative estimate of drug-likeness (QED) is 0.165. The number of carboxylic acid groups (broad SMARTS) is 1. The summed E-state index contributed by atoms with van der Waals surface area (Å²) in [5, 5.41) is 23.9. The van der Waals surface area contributed by atoms with Crippen LogP contribution >= 0.6 is 34.8 Å². The molecule has 170 valence electrons. The Kier molecular flexibility index (Phi) is 7.54. The molecule has 0 bridgehead atoms. The maximum atomic E-state index is 11.5. The van der Waals surface area contributed by atoms with Crippen molar-refractivity contribution in [1.82, 2.24) is 4.98 Å². The van der Waals surface area contributed by atoms with E-state index in [0.717, 1.165) is 0 Å². The maximum absolute atomic E-state index is 11.5. The van der Waals surface area contributed by atoms with Crippen molar-refractivity contribution in [3.05, 3.63) is 79.0 Å². The minimum Gasteiger partial charge on any atom is -0.497 e. The lowest BCUT2D eigenvalue weighted by Gasteiger charge is -2.09. The van der Waals surface area contributed by atoms with Crippen LogP contribution in [-0.2, 0) is 0 Å².